The fourth-order valence-electron chi connectivity index (χ4n) is 1.13. The summed E-state index contributed by atoms with van der Waals surface area (Å²) in [5.41, 5.74) is 0. The molecule has 0 saturated carbocycles. The second-order valence-corrected chi connectivity index (χ2v) is 2.69. The molecule has 1 rings (SSSR count). The Hall–Kier alpha value is -1.69. The topological polar surface area (TPSA) is 83.9 Å². The highest BCUT2D eigenvalue weighted by atomic mass is 16.5. The molecule has 0 spiro atoms. The SMILES string of the molecule is COC[C@H](C(=O)O)N1C(=O)C=CC1=O. The van der Waals surface area contributed by atoms with Gasteiger partial charge in [-0.05, 0) is 0 Å². The summed E-state index contributed by atoms with van der Waals surface area (Å²) < 4.78 is 4.62. The maximum atomic E-state index is 11.1. The van der Waals surface area contributed by atoms with Crippen LogP contribution in [0.15, 0.2) is 12.2 Å². The maximum Gasteiger partial charge on any atom is 0.329 e. The third-order valence-electron chi connectivity index (χ3n) is 1.76. The number of carboxylic acids is 1. The molecule has 1 N–H and O–H groups in total. The van der Waals surface area contributed by atoms with Crippen molar-refractivity contribution in [1.29, 1.82) is 0 Å². The minimum Gasteiger partial charge on any atom is -0.480 e. The van der Waals surface area contributed by atoms with Gasteiger partial charge in [0.2, 0.25) is 0 Å². The maximum absolute atomic E-state index is 11.1. The Balaban J connectivity index is 2.83. The average Bonchev–Trinajstić information content (AvgIpc) is 2.43. The van der Waals surface area contributed by atoms with Gasteiger partial charge < -0.3 is 9.84 Å². The molecule has 1 aliphatic heterocycles. The molecule has 2 amide bonds. The van der Waals surface area contributed by atoms with Crippen LogP contribution in [0.3, 0.4) is 0 Å². The highest BCUT2D eigenvalue weighted by Gasteiger charge is 2.35. The number of ether oxygens (including phenoxy) is 1. The summed E-state index contributed by atoms with van der Waals surface area (Å²) in [6, 6.07) is -1.25. The van der Waals surface area contributed by atoms with Crippen LogP contribution in [0.4, 0.5) is 0 Å². The quantitative estimate of drug-likeness (QED) is 0.588. The predicted molar refractivity (Wildman–Crippen MR) is 44.3 cm³/mol. The molecule has 0 aromatic carbocycles. The van der Waals surface area contributed by atoms with E-state index in [4.69, 9.17) is 5.11 Å². The van der Waals surface area contributed by atoms with Gasteiger partial charge in [0.25, 0.3) is 11.8 Å². The van der Waals surface area contributed by atoms with Crippen molar-refractivity contribution >= 4 is 17.8 Å². The molecule has 0 aliphatic carbocycles. The lowest BCUT2D eigenvalue weighted by molar-refractivity contribution is -0.155. The number of hydrogen-bond donors (Lipinski definition) is 1. The second-order valence-electron chi connectivity index (χ2n) is 2.69. The summed E-state index contributed by atoms with van der Waals surface area (Å²) in [5, 5.41) is 8.75. The normalized spacial score (nSPS) is 17.6. The number of hydrogen-bond acceptors (Lipinski definition) is 4. The van der Waals surface area contributed by atoms with Crippen LogP contribution in [0.25, 0.3) is 0 Å². The summed E-state index contributed by atoms with van der Waals surface area (Å²) in [4.78, 5) is 33.6. The number of carboxylic acid groups (broad SMARTS) is 1. The molecule has 14 heavy (non-hydrogen) atoms. The third-order valence-corrected chi connectivity index (χ3v) is 1.76. The molecule has 0 aromatic heterocycles. The van der Waals surface area contributed by atoms with E-state index in [1.54, 1.807) is 0 Å². The second kappa shape index (κ2) is 4.01. The fourth-order valence-corrected chi connectivity index (χ4v) is 1.13. The Morgan fingerprint density at radius 3 is 2.36 bits per heavy atom. The highest BCUT2D eigenvalue weighted by Crippen LogP contribution is 2.09. The first-order valence-corrected chi connectivity index (χ1v) is 3.85. The number of amides is 2. The van der Waals surface area contributed by atoms with E-state index in [2.05, 4.69) is 4.74 Å². The summed E-state index contributed by atoms with van der Waals surface area (Å²) in [7, 11) is 1.30. The van der Waals surface area contributed by atoms with Crippen LogP contribution in [-0.4, -0.2) is 47.5 Å². The zero-order chi connectivity index (χ0) is 10.7. The number of rotatable bonds is 4. The van der Waals surface area contributed by atoms with Crippen molar-refractivity contribution in [3.63, 3.8) is 0 Å². The number of aliphatic carboxylic acids is 1. The summed E-state index contributed by atoms with van der Waals surface area (Å²) in [5.74, 6) is -2.52. The van der Waals surface area contributed by atoms with Crippen LogP contribution in [0.2, 0.25) is 0 Å². The molecule has 6 nitrogen and oxygen atoms in total. The summed E-state index contributed by atoms with van der Waals surface area (Å²) in [6.45, 7) is -0.214. The Kier molecular flexibility index (Phi) is 2.98. The Morgan fingerprint density at radius 2 is 2.00 bits per heavy atom. The van der Waals surface area contributed by atoms with Gasteiger partial charge in [-0.1, -0.05) is 0 Å². The molecule has 1 atom stereocenters. The Morgan fingerprint density at radius 1 is 1.50 bits per heavy atom. The van der Waals surface area contributed by atoms with Crippen LogP contribution in [0, 0.1) is 0 Å². The molecule has 6 heteroatoms. The van der Waals surface area contributed by atoms with Crippen molar-refractivity contribution in [3.8, 4) is 0 Å². The van der Waals surface area contributed by atoms with E-state index in [1.165, 1.54) is 7.11 Å². The predicted octanol–water partition coefficient (Wildman–Crippen LogP) is -0.989. The van der Waals surface area contributed by atoms with Crippen LogP contribution in [-0.2, 0) is 19.1 Å². The Labute approximate surface area is 79.8 Å². The van der Waals surface area contributed by atoms with Crippen molar-refractivity contribution < 1.29 is 24.2 Å². The molecular formula is C8H9NO5. The molecule has 0 unspecified atom stereocenters. The van der Waals surface area contributed by atoms with Crippen molar-refractivity contribution in [2.24, 2.45) is 0 Å². The summed E-state index contributed by atoms with van der Waals surface area (Å²) >= 11 is 0. The number of carbonyl (C=O) groups is 3. The van der Waals surface area contributed by atoms with E-state index in [-0.39, 0.29) is 6.61 Å². The van der Waals surface area contributed by atoms with Crippen molar-refractivity contribution in [2.75, 3.05) is 13.7 Å². The first-order valence-electron chi connectivity index (χ1n) is 3.85. The molecule has 0 saturated heterocycles. The lowest BCUT2D eigenvalue weighted by Crippen LogP contribution is -2.47. The number of imide groups is 1. The highest BCUT2D eigenvalue weighted by molar-refractivity contribution is 6.14. The van der Waals surface area contributed by atoms with E-state index in [9.17, 15) is 14.4 Å². The average molecular weight is 199 g/mol. The molecule has 76 valence electrons. The van der Waals surface area contributed by atoms with E-state index in [0.717, 1.165) is 12.2 Å². The van der Waals surface area contributed by atoms with Crippen LogP contribution >= 0.6 is 0 Å². The van der Waals surface area contributed by atoms with Gasteiger partial charge in [-0.2, -0.15) is 0 Å². The molecule has 0 fully saturated rings. The van der Waals surface area contributed by atoms with E-state index in [0.29, 0.717) is 4.90 Å². The molecule has 1 heterocycles. The van der Waals surface area contributed by atoms with Gasteiger partial charge in [-0.15, -0.1) is 0 Å². The first-order chi connectivity index (χ1) is 6.57. The lowest BCUT2D eigenvalue weighted by Gasteiger charge is -2.21. The zero-order valence-corrected chi connectivity index (χ0v) is 7.47. The molecule has 0 bridgehead atoms. The molecule has 1 aliphatic rings. The standard InChI is InChI=1S/C8H9NO5/c1-14-4-5(8(12)13)9-6(10)2-3-7(9)11/h2-3,5H,4H2,1H3,(H,12,13)/t5-/m1/s1. The number of methoxy groups -OCH3 is 1. The first kappa shape index (κ1) is 10.4. The van der Waals surface area contributed by atoms with Crippen LogP contribution in [0.5, 0.6) is 0 Å². The monoisotopic (exact) mass is 199 g/mol. The van der Waals surface area contributed by atoms with Gasteiger partial charge in [0.1, 0.15) is 0 Å². The zero-order valence-electron chi connectivity index (χ0n) is 7.47. The van der Waals surface area contributed by atoms with Crippen molar-refractivity contribution in [3.05, 3.63) is 12.2 Å². The van der Waals surface area contributed by atoms with E-state index < -0.39 is 23.8 Å². The van der Waals surface area contributed by atoms with E-state index >= 15 is 0 Å². The lowest BCUT2D eigenvalue weighted by atomic mass is 10.3. The smallest absolute Gasteiger partial charge is 0.329 e. The van der Waals surface area contributed by atoms with Gasteiger partial charge in [0.05, 0.1) is 6.61 Å². The van der Waals surface area contributed by atoms with Gasteiger partial charge in [-0.25, -0.2) is 4.79 Å². The van der Waals surface area contributed by atoms with Crippen molar-refractivity contribution in [1.82, 2.24) is 4.90 Å². The van der Waals surface area contributed by atoms with Crippen LogP contribution in [0.1, 0.15) is 0 Å². The largest absolute Gasteiger partial charge is 0.480 e. The molecule has 0 radical (unpaired) electrons. The third kappa shape index (κ3) is 1.80. The number of carbonyl (C=O) groups excluding carboxylic acids is 2. The summed E-state index contributed by atoms with van der Waals surface area (Å²) in [6.07, 6.45) is 2.07. The van der Waals surface area contributed by atoms with Crippen LogP contribution < -0.4 is 0 Å². The van der Waals surface area contributed by atoms with Gasteiger partial charge in [0, 0.05) is 19.3 Å². The number of nitrogens with zero attached hydrogens (tertiary/aromatic N) is 1. The minimum atomic E-state index is -1.27. The van der Waals surface area contributed by atoms with Crippen molar-refractivity contribution in [2.45, 2.75) is 6.04 Å². The van der Waals surface area contributed by atoms with Gasteiger partial charge in [-0.3, -0.25) is 14.5 Å². The fraction of sp³-hybridized carbons (Fsp3) is 0.375. The molecular weight excluding hydrogens is 190 g/mol. The van der Waals surface area contributed by atoms with Gasteiger partial charge in [0.15, 0.2) is 6.04 Å². The van der Waals surface area contributed by atoms with E-state index in [1.807, 2.05) is 0 Å². The molecule has 0 aromatic rings. The van der Waals surface area contributed by atoms with Gasteiger partial charge >= 0.3 is 5.97 Å². The minimum absolute atomic E-state index is 0.214. The Bertz CT molecular complexity index is 291.